The van der Waals surface area contributed by atoms with Gasteiger partial charge in [-0.2, -0.15) is 0 Å². The van der Waals surface area contributed by atoms with Crippen LogP contribution in [-0.4, -0.2) is 96.7 Å². The number of hydrogen-bond acceptors (Lipinski definition) is 15. The van der Waals surface area contributed by atoms with Crippen LogP contribution in [-0.2, 0) is 65.4 Å². The molecule has 96 heavy (non-hydrogen) atoms. The lowest BCUT2D eigenvalue weighted by Gasteiger charge is -2.21. The standard InChI is InChI=1S/C77H150O17P2/c1-9-70(8)56-48-40-31-25-21-22-26-32-41-49-57-74(79)87-63-72(93-76(81)59-51-43-33-27-19-15-13-11-10-12-14-17-23-29-37-45-53-67(2)3)65-91-95(83,84)89-61-71(78)62-90-96(85,86)92-66-73(64-88-75(80)58-50-42-36-35-39-47-55-69(6)7)94-77(82)60-52-44-34-28-20-16-18-24-30-38-46-54-68(4)5/h67-73,78H,9-66H2,1-8H3,(H,83,84)(H,85,86)/t70?,71-,72-,73-/m1/s1. The van der Waals surface area contributed by atoms with Crippen LogP contribution in [0.1, 0.15) is 389 Å². The van der Waals surface area contributed by atoms with Gasteiger partial charge in [-0.05, 0) is 49.4 Å². The topological polar surface area (TPSA) is 237 Å². The summed E-state index contributed by atoms with van der Waals surface area (Å²) in [5.74, 6) is 0.942. The minimum atomic E-state index is -4.96. The van der Waals surface area contributed by atoms with Crippen LogP contribution in [0.25, 0.3) is 0 Å². The van der Waals surface area contributed by atoms with Gasteiger partial charge in [0.1, 0.15) is 19.3 Å². The fraction of sp³-hybridized carbons (Fsp3) is 0.948. The molecular formula is C77H150O17P2. The molecule has 3 N–H and O–H groups in total. The molecule has 3 unspecified atom stereocenters. The van der Waals surface area contributed by atoms with Gasteiger partial charge >= 0.3 is 39.5 Å². The van der Waals surface area contributed by atoms with Crippen LogP contribution in [0.2, 0.25) is 0 Å². The molecule has 0 saturated carbocycles. The van der Waals surface area contributed by atoms with Gasteiger partial charge in [0.15, 0.2) is 12.2 Å². The number of rotatable bonds is 74. The van der Waals surface area contributed by atoms with E-state index in [4.69, 9.17) is 37.0 Å². The SMILES string of the molecule is CCC(C)CCCCCCCCCCCCC(=O)OC[C@H](COP(=O)(O)OC[C@@H](O)COP(=O)(O)OC[C@@H](COC(=O)CCCCCCCCC(C)C)OC(=O)CCCCCCCCCCCCCC(C)C)OC(=O)CCCCCCCCCCCCCCCCCCC(C)C. The third-order valence-corrected chi connectivity index (χ3v) is 20.1. The highest BCUT2D eigenvalue weighted by molar-refractivity contribution is 7.47. The monoisotopic (exact) mass is 1410 g/mol. The minimum absolute atomic E-state index is 0.105. The lowest BCUT2D eigenvalue weighted by atomic mass is 9.99. The number of esters is 4. The quantitative estimate of drug-likeness (QED) is 0.0222. The first-order valence-electron chi connectivity index (χ1n) is 39.7. The summed E-state index contributed by atoms with van der Waals surface area (Å²) in [7, 11) is -9.91. The number of unbranched alkanes of at least 4 members (excludes halogenated alkanes) is 39. The summed E-state index contributed by atoms with van der Waals surface area (Å²) in [4.78, 5) is 72.8. The van der Waals surface area contributed by atoms with Crippen molar-refractivity contribution in [1.29, 1.82) is 0 Å². The van der Waals surface area contributed by atoms with E-state index in [0.29, 0.717) is 31.6 Å². The molecule has 0 aromatic rings. The normalized spacial score (nSPS) is 14.4. The summed E-state index contributed by atoms with van der Waals surface area (Å²) in [6, 6.07) is 0. The fourth-order valence-electron chi connectivity index (χ4n) is 11.7. The number of phosphoric acid groups is 2. The maximum absolute atomic E-state index is 13.1. The second-order valence-corrected chi connectivity index (χ2v) is 32.3. The van der Waals surface area contributed by atoms with Crippen molar-refractivity contribution >= 4 is 39.5 Å². The number of phosphoric ester groups is 2. The molecule has 0 fully saturated rings. The Morgan fingerprint density at radius 1 is 0.292 bits per heavy atom. The van der Waals surface area contributed by atoms with Crippen LogP contribution in [0, 0.1) is 23.7 Å². The average Bonchev–Trinajstić information content (AvgIpc) is 1.65. The van der Waals surface area contributed by atoms with Crippen LogP contribution >= 0.6 is 15.6 Å². The molecule has 17 nitrogen and oxygen atoms in total. The van der Waals surface area contributed by atoms with E-state index in [9.17, 15) is 43.2 Å². The molecule has 0 aliphatic rings. The molecule has 570 valence electrons. The summed E-state index contributed by atoms with van der Waals surface area (Å²) < 4.78 is 68.5. The molecule has 0 spiro atoms. The Bertz CT molecular complexity index is 1890. The van der Waals surface area contributed by atoms with Crippen molar-refractivity contribution in [1.82, 2.24) is 0 Å². The highest BCUT2D eigenvalue weighted by Gasteiger charge is 2.30. The summed E-state index contributed by atoms with van der Waals surface area (Å²) in [5, 5.41) is 10.6. The predicted octanol–water partition coefficient (Wildman–Crippen LogP) is 22.4. The number of ether oxygens (including phenoxy) is 4. The molecule has 0 aromatic heterocycles. The summed E-state index contributed by atoms with van der Waals surface area (Å²) in [5.41, 5.74) is 0. The lowest BCUT2D eigenvalue weighted by molar-refractivity contribution is -0.161. The van der Waals surface area contributed by atoms with E-state index in [2.05, 4.69) is 55.4 Å². The second-order valence-electron chi connectivity index (χ2n) is 29.4. The molecule has 0 bridgehead atoms. The van der Waals surface area contributed by atoms with Crippen molar-refractivity contribution in [3.05, 3.63) is 0 Å². The number of carbonyl (C=O) groups is 4. The maximum atomic E-state index is 13.1. The Hall–Kier alpha value is -1.94. The van der Waals surface area contributed by atoms with Crippen LogP contribution in [0.3, 0.4) is 0 Å². The molecule has 0 saturated heterocycles. The van der Waals surface area contributed by atoms with Crippen LogP contribution in [0.4, 0.5) is 0 Å². The molecule has 0 radical (unpaired) electrons. The number of aliphatic hydroxyl groups is 1. The van der Waals surface area contributed by atoms with Gasteiger partial charge in [0.05, 0.1) is 26.4 Å². The van der Waals surface area contributed by atoms with Gasteiger partial charge in [0, 0.05) is 25.7 Å². The minimum Gasteiger partial charge on any atom is -0.462 e. The Labute approximate surface area is 588 Å². The molecule has 0 aliphatic heterocycles. The van der Waals surface area contributed by atoms with Gasteiger partial charge in [-0.15, -0.1) is 0 Å². The zero-order valence-corrected chi connectivity index (χ0v) is 64.8. The van der Waals surface area contributed by atoms with Crippen molar-refractivity contribution in [2.75, 3.05) is 39.6 Å². The largest absolute Gasteiger partial charge is 0.472 e. The Morgan fingerprint density at radius 3 is 0.740 bits per heavy atom. The number of hydrogen-bond donors (Lipinski definition) is 3. The molecule has 0 heterocycles. The lowest BCUT2D eigenvalue weighted by Crippen LogP contribution is -2.30. The smallest absolute Gasteiger partial charge is 0.462 e. The molecular weight excluding hydrogens is 1260 g/mol. The van der Waals surface area contributed by atoms with E-state index in [1.807, 2.05) is 0 Å². The summed E-state index contributed by atoms with van der Waals surface area (Å²) in [6.45, 7) is 14.2. The van der Waals surface area contributed by atoms with Crippen LogP contribution < -0.4 is 0 Å². The van der Waals surface area contributed by atoms with Gasteiger partial charge in [-0.25, -0.2) is 9.13 Å². The van der Waals surface area contributed by atoms with E-state index in [0.717, 1.165) is 114 Å². The average molecular weight is 1410 g/mol. The first-order chi connectivity index (χ1) is 46.1. The van der Waals surface area contributed by atoms with Gasteiger partial charge < -0.3 is 33.8 Å². The molecule has 0 aliphatic carbocycles. The second kappa shape index (κ2) is 66.3. The highest BCUT2D eigenvalue weighted by Crippen LogP contribution is 2.45. The van der Waals surface area contributed by atoms with Crippen molar-refractivity contribution in [2.24, 2.45) is 23.7 Å². The van der Waals surface area contributed by atoms with Gasteiger partial charge in [0.2, 0.25) is 0 Å². The molecule has 0 amide bonds. The van der Waals surface area contributed by atoms with Gasteiger partial charge in [-0.3, -0.25) is 37.3 Å². The molecule has 0 rings (SSSR count). The first-order valence-corrected chi connectivity index (χ1v) is 42.7. The third kappa shape index (κ3) is 69.2. The molecule has 0 aromatic carbocycles. The van der Waals surface area contributed by atoms with E-state index < -0.39 is 97.5 Å². The molecule has 19 heteroatoms. The van der Waals surface area contributed by atoms with Gasteiger partial charge in [-0.1, -0.05) is 338 Å². The van der Waals surface area contributed by atoms with E-state index in [1.54, 1.807) is 0 Å². The number of carbonyl (C=O) groups excluding carboxylic acids is 4. The summed E-state index contributed by atoms with van der Waals surface area (Å²) >= 11 is 0. The number of aliphatic hydroxyl groups excluding tert-OH is 1. The summed E-state index contributed by atoms with van der Waals surface area (Å²) in [6.07, 6.45) is 51.4. The van der Waals surface area contributed by atoms with E-state index in [1.165, 1.54) is 186 Å². The maximum Gasteiger partial charge on any atom is 0.472 e. The Kier molecular flexibility index (Phi) is 65.0. The van der Waals surface area contributed by atoms with E-state index >= 15 is 0 Å². The molecule has 6 atom stereocenters. The highest BCUT2D eigenvalue weighted by atomic mass is 31.2. The predicted molar refractivity (Wildman–Crippen MR) is 391 cm³/mol. The van der Waals surface area contributed by atoms with E-state index in [-0.39, 0.29) is 25.7 Å². The van der Waals surface area contributed by atoms with Crippen LogP contribution in [0.5, 0.6) is 0 Å². The third-order valence-electron chi connectivity index (χ3n) is 18.2. The van der Waals surface area contributed by atoms with Crippen molar-refractivity contribution in [3.8, 4) is 0 Å². The van der Waals surface area contributed by atoms with Gasteiger partial charge in [0.25, 0.3) is 0 Å². The zero-order valence-electron chi connectivity index (χ0n) is 63.0. The Morgan fingerprint density at radius 2 is 0.500 bits per heavy atom. The van der Waals surface area contributed by atoms with Crippen LogP contribution in [0.15, 0.2) is 0 Å². The fourth-order valence-corrected chi connectivity index (χ4v) is 13.3. The van der Waals surface area contributed by atoms with Crippen molar-refractivity contribution < 1.29 is 80.2 Å². The first kappa shape index (κ1) is 94.1. The van der Waals surface area contributed by atoms with Crippen molar-refractivity contribution in [2.45, 2.75) is 408 Å². The van der Waals surface area contributed by atoms with Crippen molar-refractivity contribution in [3.63, 3.8) is 0 Å². The Balaban J connectivity index is 5.23. The zero-order chi connectivity index (χ0) is 71.0.